The van der Waals surface area contributed by atoms with E-state index in [-0.39, 0.29) is 5.75 Å². The minimum absolute atomic E-state index is 0.0605. The van der Waals surface area contributed by atoms with Gasteiger partial charge in [-0.2, -0.15) is 0 Å². The van der Waals surface area contributed by atoms with E-state index in [2.05, 4.69) is 0 Å². The molecule has 1 N–H and O–H groups in total. The SMILES string of the molecule is COc1cc(/C=C/C(=O)OCCc2ccc(C)cc2)ccc1O. The van der Waals surface area contributed by atoms with Gasteiger partial charge in [0.15, 0.2) is 11.5 Å². The van der Waals surface area contributed by atoms with Crippen molar-refractivity contribution in [2.24, 2.45) is 0 Å². The molecule has 0 bridgehead atoms. The largest absolute Gasteiger partial charge is 0.504 e. The van der Waals surface area contributed by atoms with Gasteiger partial charge in [-0.1, -0.05) is 35.9 Å². The van der Waals surface area contributed by atoms with E-state index < -0.39 is 5.97 Å². The third kappa shape index (κ3) is 5.18. The Morgan fingerprint density at radius 2 is 1.91 bits per heavy atom. The predicted molar refractivity (Wildman–Crippen MR) is 89.5 cm³/mol. The number of benzene rings is 2. The molecule has 23 heavy (non-hydrogen) atoms. The molecule has 0 atom stereocenters. The summed E-state index contributed by atoms with van der Waals surface area (Å²) in [5, 5.41) is 9.51. The minimum Gasteiger partial charge on any atom is -0.504 e. The first-order valence-electron chi connectivity index (χ1n) is 7.36. The molecule has 120 valence electrons. The number of carbonyl (C=O) groups is 1. The summed E-state index contributed by atoms with van der Waals surface area (Å²) in [4.78, 5) is 11.7. The minimum atomic E-state index is -0.399. The lowest BCUT2D eigenvalue weighted by molar-refractivity contribution is -0.137. The Labute approximate surface area is 136 Å². The van der Waals surface area contributed by atoms with Gasteiger partial charge in [-0.25, -0.2) is 4.79 Å². The molecule has 2 rings (SSSR count). The summed E-state index contributed by atoms with van der Waals surface area (Å²) in [6, 6.07) is 13.0. The molecular weight excluding hydrogens is 292 g/mol. The van der Waals surface area contributed by atoms with Crippen molar-refractivity contribution < 1.29 is 19.4 Å². The molecule has 0 aromatic heterocycles. The molecule has 0 spiro atoms. The van der Waals surface area contributed by atoms with Crippen LogP contribution in [0.25, 0.3) is 6.08 Å². The molecule has 0 unspecified atom stereocenters. The van der Waals surface area contributed by atoms with Crippen molar-refractivity contribution in [3.8, 4) is 11.5 Å². The fourth-order valence-corrected chi connectivity index (χ4v) is 2.03. The molecule has 0 fully saturated rings. The molecule has 0 aliphatic heterocycles. The van der Waals surface area contributed by atoms with E-state index >= 15 is 0 Å². The monoisotopic (exact) mass is 312 g/mol. The van der Waals surface area contributed by atoms with Gasteiger partial charge >= 0.3 is 5.97 Å². The smallest absolute Gasteiger partial charge is 0.330 e. The number of methoxy groups -OCH3 is 1. The van der Waals surface area contributed by atoms with Crippen molar-refractivity contribution in [3.05, 3.63) is 65.2 Å². The molecule has 4 heteroatoms. The Morgan fingerprint density at radius 3 is 2.61 bits per heavy atom. The zero-order valence-electron chi connectivity index (χ0n) is 13.3. The van der Waals surface area contributed by atoms with E-state index in [0.29, 0.717) is 18.8 Å². The van der Waals surface area contributed by atoms with Crippen molar-refractivity contribution in [1.29, 1.82) is 0 Å². The number of hydrogen-bond donors (Lipinski definition) is 1. The lowest BCUT2D eigenvalue weighted by atomic mass is 10.1. The molecule has 0 radical (unpaired) electrons. The van der Waals surface area contributed by atoms with E-state index in [4.69, 9.17) is 9.47 Å². The Kier molecular flexibility index (Phi) is 5.80. The van der Waals surface area contributed by atoms with Crippen LogP contribution in [-0.4, -0.2) is 24.8 Å². The van der Waals surface area contributed by atoms with Gasteiger partial charge in [0.2, 0.25) is 0 Å². The second-order valence-electron chi connectivity index (χ2n) is 5.17. The maximum absolute atomic E-state index is 11.7. The Balaban J connectivity index is 1.83. The maximum Gasteiger partial charge on any atom is 0.330 e. The van der Waals surface area contributed by atoms with Crippen LogP contribution in [0.3, 0.4) is 0 Å². The number of aromatic hydroxyl groups is 1. The average molecular weight is 312 g/mol. The number of phenolic OH excluding ortho intramolecular Hbond substituents is 1. The van der Waals surface area contributed by atoms with E-state index in [1.807, 2.05) is 31.2 Å². The van der Waals surface area contributed by atoms with Crippen molar-refractivity contribution in [3.63, 3.8) is 0 Å². The fourth-order valence-electron chi connectivity index (χ4n) is 2.03. The van der Waals surface area contributed by atoms with Gasteiger partial charge in [0, 0.05) is 12.5 Å². The lowest BCUT2D eigenvalue weighted by Gasteiger charge is -2.04. The lowest BCUT2D eigenvalue weighted by Crippen LogP contribution is -2.04. The Hall–Kier alpha value is -2.75. The summed E-state index contributed by atoms with van der Waals surface area (Å²) in [7, 11) is 1.47. The first-order valence-corrected chi connectivity index (χ1v) is 7.36. The topological polar surface area (TPSA) is 55.8 Å². The molecule has 0 heterocycles. The van der Waals surface area contributed by atoms with Crippen molar-refractivity contribution in [2.45, 2.75) is 13.3 Å². The van der Waals surface area contributed by atoms with Gasteiger partial charge in [0.25, 0.3) is 0 Å². The van der Waals surface area contributed by atoms with Crippen LogP contribution in [0.5, 0.6) is 11.5 Å². The van der Waals surface area contributed by atoms with E-state index in [0.717, 1.165) is 11.1 Å². The molecular formula is C19H20O4. The third-order valence-corrected chi connectivity index (χ3v) is 3.37. The number of carbonyl (C=O) groups excluding carboxylic acids is 1. The molecule has 0 amide bonds. The van der Waals surface area contributed by atoms with Gasteiger partial charge in [-0.3, -0.25) is 0 Å². The van der Waals surface area contributed by atoms with E-state index in [9.17, 15) is 9.90 Å². The molecule has 4 nitrogen and oxygen atoms in total. The van der Waals surface area contributed by atoms with Crippen molar-refractivity contribution >= 4 is 12.0 Å². The summed E-state index contributed by atoms with van der Waals surface area (Å²) in [6.45, 7) is 2.37. The fraction of sp³-hybridized carbons (Fsp3) is 0.211. The number of esters is 1. The first kappa shape index (κ1) is 16.6. The Morgan fingerprint density at radius 1 is 1.17 bits per heavy atom. The van der Waals surface area contributed by atoms with Crippen LogP contribution in [0.1, 0.15) is 16.7 Å². The number of ether oxygens (including phenoxy) is 2. The molecule has 0 aliphatic rings. The van der Waals surface area contributed by atoms with E-state index in [1.54, 1.807) is 18.2 Å². The van der Waals surface area contributed by atoms with E-state index in [1.165, 1.54) is 24.8 Å². The normalized spacial score (nSPS) is 10.7. The Bertz CT molecular complexity index is 687. The van der Waals surface area contributed by atoms with Crippen molar-refractivity contribution in [1.82, 2.24) is 0 Å². The van der Waals surface area contributed by atoms with Gasteiger partial charge in [-0.05, 0) is 36.3 Å². The summed E-state index contributed by atoms with van der Waals surface area (Å²) in [6.07, 6.45) is 3.67. The van der Waals surface area contributed by atoms with Crippen LogP contribution >= 0.6 is 0 Å². The van der Waals surface area contributed by atoms with Crippen LogP contribution in [0.15, 0.2) is 48.5 Å². The van der Waals surface area contributed by atoms with Gasteiger partial charge in [-0.15, -0.1) is 0 Å². The second-order valence-corrected chi connectivity index (χ2v) is 5.17. The van der Waals surface area contributed by atoms with Gasteiger partial charge in [0.05, 0.1) is 13.7 Å². The number of phenols is 1. The van der Waals surface area contributed by atoms with Crippen molar-refractivity contribution in [2.75, 3.05) is 13.7 Å². The molecule has 0 saturated carbocycles. The van der Waals surface area contributed by atoms with Crippen LogP contribution < -0.4 is 4.74 Å². The second kappa shape index (κ2) is 8.03. The van der Waals surface area contributed by atoms with Crippen LogP contribution in [0, 0.1) is 6.92 Å². The van der Waals surface area contributed by atoms with Crippen LogP contribution in [-0.2, 0) is 16.0 Å². The number of rotatable bonds is 6. The summed E-state index contributed by atoms with van der Waals surface area (Å²) < 4.78 is 10.2. The highest BCUT2D eigenvalue weighted by molar-refractivity contribution is 5.87. The molecule has 0 saturated heterocycles. The summed E-state index contributed by atoms with van der Waals surface area (Å²) in [5.74, 6) is 0.0226. The van der Waals surface area contributed by atoms with Crippen LogP contribution in [0.2, 0.25) is 0 Å². The van der Waals surface area contributed by atoms with Crippen LogP contribution in [0.4, 0.5) is 0 Å². The zero-order chi connectivity index (χ0) is 16.7. The quantitative estimate of drug-likeness (QED) is 0.655. The van der Waals surface area contributed by atoms with Gasteiger partial charge < -0.3 is 14.6 Å². The number of hydrogen-bond acceptors (Lipinski definition) is 4. The maximum atomic E-state index is 11.7. The highest BCUT2D eigenvalue weighted by Crippen LogP contribution is 2.26. The highest BCUT2D eigenvalue weighted by Gasteiger charge is 2.02. The third-order valence-electron chi connectivity index (χ3n) is 3.37. The molecule has 0 aliphatic carbocycles. The zero-order valence-corrected chi connectivity index (χ0v) is 13.3. The molecule has 2 aromatic carbocycles. The molecule has 2 aromatic rings. The summed E-state index contributed by atoms with van der Waals surface area (Å²) in [5.41, 5.74) is 3.09. The first-order chi connectivity index (χ1) is 11.1. The highest BCUT2D eigenvalue weighted by atomic mass is 16.5. The number of aryl methyl sites for hydroxylation is 1. The predicted octanol–water partition coefficient (Wildman–Crippen LogP) is 3.51. The van der Waals surface area contributed by atoms with Gasteiger partial charge in [0.1, 0.15) is 0 Å². The standard InChI is InChI=1S/C19H20O4/c1-14-3-5-15(6-4-14)11-12-23-19(21)10-8-16-7-9-17(20)18(13-16)22-2/h3-10,13,20H,11-12H2,1-2H3/b10-8+. The summed E-state index contributed by atoms with van der Waals surface area (Å²) >= 11 is 0. The average Bonchev–Trinajstić information content (AvgIpc) is 2.56.